The third-order valence-electron chi connectivity index (χ3n) is 3.66. The second-order valence-corrected chi connectivity index (χ2v) is 8.68. The number of nitrogens with zero attached hydrogens (tertiary/aromatic N) is 1. The van der Waals surface area contributed by atoms with E-state index in [0.717, 1.165) is 11.8 Å². The van der Waals surface area contributed by atoms with E-state index in [-0.39, 0.29) is 18.9 Å². The number of benzene rings is 2. The summed E-state index contributed by atoms with van der Waals surface area (Å²) < 4.78 is 25.5. The van der Waals surface area contributed by atoms with E-state index < -0.39 is 10.0 Å². The van der Waals surface area contributed by atoms with Crippen molar-refractivity contribution in [3.05, 3.63) is 58.1 Å². The number of anilines is 2. The highest BCUT2D eigenvalue weighted by atomic mass is 35.5. The van der Waals surface area contributed by atoms with E-state index in [2.05, 4.69) is 5.32 Å². The first-order chi connectivity index (χ1) is 12.2. The highest BCUT2D eigenvalue weighted by molar-refractivity contribution is 7.92. The Morgan fingerprint density at radius 1 is 1.12 bits per heavy atom. The molecular weight excluding hydrogens is 395 g/mol. The van der Waals surface area contributed by atoms with Gasteiger partial charge in [0.15, 0.2) is 0 Å². The summed E-state index contributed by atoms with van der Waals surface area (Å²) in [5.74, 6) is -0.221. The fourth-order valence-electron chi connectivity index (χ4n) is 2.45. The van der Waals surface area contributed by atoms with Gasteiger partial charge in [0.1, 0.15) is 0 Å². The molecular formula is C18H20Cl2N2O3S. The van der Waals surface area contributed by atoms with E-state index in [1.54, 1.807) is 36.4 Å². The first-order valence-electron chi connectivity index (χ1n) is 7.96. The van der Waals surface area contributed by atoms with E-state index in [9.17, 15) is 13.2 Å². The molecule has 26 heavy (non-hydrogen) atoms. The minimum Gasteiger partial charge on any atom is -0.326 e. The Hall–Kier alpha value is -1.76. The van der Waals surface area contributed by atoms with Crippen molar-refractivity contribution < 1.29 is 13.2 Å². The van der Waals surface area contributed by atoms with Crippen LogP contribution in [0, 0.1) is 6.92 Å². The lowest BCUT2D eigenvalue weighted by Gasteiger charge is -2.22. The topological polar surface area (TPSA) is 66.5 Å². The second kappa shape index (κ2) is 8.75. The molecule has 140 valence electrons. The molecule has 0 radical (unpaired) electrons. The number of amides is 1. The van der Waals surface area contributed by atoms with Crippen LogP contribution in [0.5, 0.6) is 0 Å². The maximum Gasteiger partial charge on any atom is 0.232 e. The van der Waals surface area contributed by atoms with E-state index >= 15 is 0 Å². The molecule has 0 spiro atoms. The van der Waals surface area contributed by atoms with Crippen LogP contribution in [0.1, 0.15) is 18.4 Å². The zero-order valence-electron chi connectivity index (χ0n) is 14.5. The molecule has 0 saturated heterocycles. The summed E-state index contributed by atoms with van der Waals surface area (Å²) in [6.07, 6.45) is 1.72. The first kappa shape index (κ1) is 20.6. The number of hydrogen-bond acceptors (Lipinski definition) is 3. The highest BCUT2D eigenvalue weighted by Gasteiger charge is 2.17. The molecule has 0 atom stereocenters. The van der Waals surface area contributed by atoms with Gasteiger partial charge in [-0.25, -0.2) is 8.42 Å². The van der Waals surface area contributed by atoms with E-state index in [1.165, 1.54) is 4.31 Å². The Balaban J connectivity index is 1.96. The number of halogens is 2. The first-order valence-corrected chi connectivity index (χ1v) is 10.6. The number of carbonyl (C=O) groups is 1. The predicted octanol–water partition coefficient (Wildman–Crippen LogP) is 4.49. The fourth-order valence-corrected chi connectivity index (χ4v) is 3.71. The Morgan fingerprint density at radius 2 is 1.85 bits per heavy atom. The summed E-state index contributed by atoms with van der Waals surface area (Å²) in [4.78, 5) is 12.1. The van der Waals surface area contributed by atoms with Crippen molar-refractivity contribution in [1.82, 2.24) is 0 Å². The number of aryl methyl sites for hydroxylation is 1. The van der Waals surface area contributed by atoms with E-state index in [0.29, 0.717) is 27.8 Å². The van der Waals surface area contributed by atoms with Crippen molar-refractivity contribution in [3.63, 3.8) is 0 Å². The van der Waals surface area contributed by atoms with Gasteiger partial charge in [0.05, 0.1) is 22.0 Å². The smallest absolute Gasteiger partial charge is 0.232 e. The maximum absolute atomic E-state index is 12.1. The van der Waals surface area contributed by atoms with Gasteiger partial charge in [0.25, 0.3) is 0 Å². The molecule has 0 aromatic heterocycles. The minimum atomic E-state index is -3.43. The van der Waals surface area contributed by atoms with Crippen LogP contribution in [0.3, 0.4) is 0 Å². The summed E-state index contributed by atoms with van der Waals surface area (Å²) in [7, 11) is -3.43. The molecule has 8 heteroatoms. The Bertz CT molecular complexity index is 901. The van der Waals surface area contributed by atoms with Crippen LogP contribution < -0.4 is 9.62 Å². The Labute approximate surface area is 164 Å². The van der Waals surface area contributed by atoms with Gasteiger partial charge in [-0.05, 0) is 49.2 Å². The molecule has 0 aliphatic rings. The third-order valence-corrected chi connectivity index (χ3v) is 5.59. The average Bonchev–Trinajstić information content (AvgIpc) is 2.54. The normalized spacial score (nSPS) is 11.2. The lowest BCUT2D eigenvalue weighted by atomic mass is 10.2. The molecule has 2 rings (SSSR count). The summed E-state index contributed by atoms with van der Waals surface area (Å²) in [6, 6.07) is 12.1. The van der Waals surface area contributed by atoms with Crippen LogP contribution in [0.25, 0.3) is 0 Å². The van der Waals surface area contributed by atoms with E-state index in [1.807, 2.05) is 13.0 Å². The molecule has 0 heterocycles. The summed E-state index contributed by atoms with van der Waals surface area (Å²) in [6.45, 7) is 2.12. The predicted molar refractivity (Wildman–Crippen MR) is 108 cm³/mol. The molecule has 1 amide bonds. The zero-order valence-corrected chi connectivity index (χ0v) is 16.8. The van der Waals surface area contributed by atoms with Crippen molar-refractivity contribution in [3.8, 4) is 0 Å². The Morgan fingerprint density at radius 3 is 2.46 bits per heavy atom. The third kappa shape index (κ3) is 5.90. The van der Waals surface area contributed by atoms with Gasteiger partial charge in [0.2, 0.25) is 15.9 Å². The van der Waals surface area contributed by atoms with Crippen LogP contribution in [-0.4, -0.2) is 27.1 Å². The number of carbonyl (C=O) groups excluding carboxylic acids is 1. The lowest BCUT2D eigenvalue weighted by Crippen LogP contribution is -2.31. The second-order valence-electron chi connectivity index (χ2n) is 5.95. The Kier molecular flexibility index (Phi) is 6.92. The summed E-state index contributed by atoms with van der Waals surface area (Å²) in [5, 5.41) is 3.48. The van der Waals surface area contributed by atoms with Crippen LogP contribution in [-0.2, 0) is 14.8 Å². The van der Waals surface area contributed by atoms with Crippen LogP contribution in [0.2, 0.25) is 10.0 Å². The van der Waals surface area contributed by atoms with Crippen molar-refractivity contribution in [2.24, 2.45) is 0 Å². The molecule has 2 aromatic carbocycles. The fraction of sp³-hybridized carbons (Fsp3) is 0.278. The minimum absolute atomic E-state index is 0.179. The lowest BCUT2D eigenvalue weighted by molar-refractivity contribution is -0.116. The average molecular weight is 415 g/mol. The van der Waals surface area contributed by atoms with Crippen molar-refractivity contribution in [2.45, 2.75) is 19.8 Å². The van der Waals surface area contributed by atoms with Crippen molar-refractivity contribution in [1.29, 1.82) is 0 Å². The standard InChI is InChI=1S/C18H20Cl2N2O3S/c1-13-5-3-6-15(11-13)22(26(2,24)25)10-4-7-18(23)21-14-8-9-16(19)17(20)12-14/h3,5-6,8-9,11-12H,4,7,10H2,1-2H3,(H,21,23). The molecule has 0 fully saturated rings. The van der Waals surface area contributed by atoms with Crippen LogP contribution in [0.15, 0.2) is 42.5 Å². The van der Waals surface area contributed by atoms with Crippen LogP contribution >= 0.6 is 23.2 Å². The van der Waals surface area contributed by atoms with Gasteiger partial charge in [-0.3, -0.25) is 9.10 Å². The molecule has 2 aromatic rings. The molecule has 0 saturated carbocycles. The van der Waals surface area contributed by atoms with Gasteiger partial charge in [-0.15, -0.1) is 0 Å². The van der Waals surface area contributed by atoms with Gasteiger partial charge in [-0.1, -0.05) is 35.3 Å². The van der Waals surface area contributed by atoms with E-state index in [4.69, 9.17) is 23.2 Å². The van der Waals surface area contributed by atoms with Gasteiger partial charge >= 0.3 is 0 Å². The van der Waals surface area contributed by atoms with Crippen molar-refractivity contribution >= 4 is 50.5 Å². The number of sulfonamides is 1. The summed E-state index contributed by atoms with van der Waals surface area (Å²) >= 11 is 11.8. The molecule has 0 aliphatic heterocycles. The molecule has 0 bridgehead atoms. The van der Waals surface area contributed by atoms with Gasteiger partial charge in [-0.2, -0.15) is 0 Å². The monoisotopic (exact) mass is 414 g/mol. The number of rotatable bonds is 7. The maximum atomic E-state index is 12.1. The van der Waals surface area contributed by atoms with Crippen molar-refractivity contribution in [2.75, 3.05) is 22.4 Å². The van der Waals surface area contributed by atoms with Gasteiger partial charge < -0.3 is 5.32 Å². The van der Waals surface area contributed by atoms with Gasteiger partial charge in [0, 0.05) is 18.7 Å². The molecule has 0 aliphatic carbocycles. The summed E-state index contributed by atoms with van der Waals surface area (Å²) in [5.41, 5.74) is 2.11. The molecule has 0 unspecified atom stereocenters. The molecule has 5 nitrogen and oxygen atoms in total. The molecule has 1 N–H and O–H groups in total. The van der Waals surface area contributed by atoms with Crippen LogP contribution in [0.4, 0.5) is 11.4 Å². The number of hydrogen-bond donors (Lipinski definition) is 1. The largest absolute Gasteiger partial charge is 0.326 e. The zero-order chi connectivity index (χ0) is 19.3. The SMILES string of the molecule is Cc1cccc(N(CCCC(=O)Nc2ccc(Cl)c(Cl)c2)S(C)(=O)=O)c1. The quantitative estimate of drug-likeness (QED) is 0.725. The number of nitrogens with one attached hydrogen (secondary N) is 1. The highest BCUT2D eigenvalue weighted by Crippen LogP contribution is 2.25.